The maximum Gasteiger partial charge on any atom is 0.162 e. The smallest absolute Gasteiger partial charge is 0.162 e. The number of pyridine rings is 1. The highest BCUT2D eigenvalue weighted by Gasteiger charge is 2.06. The Bertz CT molecular complexity index is 634. The fourth-order valence-corrected chi connectivity index (χ4v) is 2.68. The zero-order chi connectivity index (χ0) is 13.6. The fraction of sp³-hybridized carbons (Fsp3) is 0.200. The average molecular weight is 285 g/mol. The molecule has 0 aliphatic rings. The Morgan fingerprint density at radius 3 is 3.05 bits per heavy atom. The van der Waals surface area contributed by atoms with Crippen LogP contribution in [0.1, 0.15) is 11.3 Å². The Balaban J connectivity index is 1.47. The normalized spacial score (nSPS) is 10.8. The number of furan rings is 1. The first kappa shape index (κ1) is 13.0. The van der Waals surface area contributed by atoms with Crippen molar-refractivity contribution in [2.24, 2.45) is 0 Å². The van der Waals surface area contributed by atoms with E-state index in [1.54, 1.807) is 23.8 Å². The van der Waals surface area contributed by atoms with E-state index in [2.05, 4.69) is 26.7 Å². The quantitative estimate of drug-likeness (QED) is 0.707. The fourth-order valence-electron chi connectivity index (χ4n) is 1.90. The molecule has 3 aromatic heterocycles. The van der Waals surface area contributed by atoms with Crippen LogP contribution >= 0.6 is 11.3 Å². The van der Waals surface area contributed by atoms with Crippen molar-refractivity contribution >= 4 is 11.3 Å². The largest absolute Gasteiger partial charge is 0.462 e. The monoisotopic (exact) mass is 285 g/mol. The highest BCUT2D eigenvalue weighted by molar-refractivity contribution is 7.13. The van der Waals surface area contributed by atoms with Gasteiger partial charge in [0.15, 0.2) is 10.8 Å². The predicted octanol–water partition coefficient (Wildman–Crippen LogP) is 3.13. The van der Waals surface area contributed by atoms with Crippen molar-refractivity contribution in [2.75, 3.05) is 6.54 Å². The Labute approximate surface area is 121 Å². The zero-order valence-corrected chi connectivity index (χ0v) is 11.8. The molecule has 0 aromatic carbocycles. The summed E-state index contributed by atoms with van der Waals surface area (Å²) in [5.74, 6) is 0.830. The van der Waals surface area contributed by atoms with Gasteiger partial charge in [-0.05, 0) is 36.7 Å². The van der Waals surface area contributed by atoms with Gasteiger partial charge in [-0.1, -0.05) is 6.07 Å². The molecule has 0 bridgehead atoms. The Morgan fingerprint density at radius 2 is 2.25 bits per heavy atom. The molecule has 1 N–H and O–H groups in total. The number of hydrogen-bond donors (Lipinski definition) is 1. The Kier molecular flexibility index (Phi) is 4.20. The van der Waals surface area contributed by atoms with E-state index >= 15 is 0 Å². The number of hydrogen-bond acceptors (Lipinski definition) is 5. The van der Waals surface area contributed by atoms with Crippen LogP contribution < -0.4 is 5.32 Å². The van der Waals surface area contributed by atoms with Crippen LogP contribution in [0.25, 0.3) is 10.8 Å². The molecule has 4 nitrogen and oxygen atoms in total. The summed E-state index contributed by atoms with van der Waals surface area (Å²) in [6, 6.07) is 7.86. The van der Waals surface area contributed by atoms with E-state index < -0.39 is 0 Å². The summed E-state index contributed by atoms with van der Waals surface area (Å²) in [6.07, 6.45) is 6.34. The highest BCUT2D eigenvalue weighted by atomic mass is 32.1. The van der Waals surface area contributed by atoms with Gasteiger partial charge in [0.05, 0.1) is 12.0 Å². The molecular weight excluding hydrogens is 270 g/mol. The van der Waals surface area contributed by atoms with Crippen LogP contribution in [0.15, 0.2) is 52.7 Å². The van der Waals surface area contributed by atoms with Crippen molar-refractivity contribution in [3.05, 3.63) is 59.6 Å². The minimum Gasteiger partial charge on any atom is -0.462 e. The third-order valence-corrected chi connectivity index (χ3v) is 3.81. The first-order chi connectivity index (χ1) is 9.92. The molecule has 0 amide bonds. The van der Waals surface area contributed by atoms with Gasteiger partial charge in [0.2, 0.25) is 0 Å². The van der Waals surface area contributed by atoms with E-state index in [4.69, 9.17) is 4.42 Å². The van der Waals surface area contributed by atoms with Crippen molar-refractivity contribution in [2.45, 2.75) is 13.0 Å². The number of nitrogens with zero attached hydrogens (tertiary/aromatic N) is 2. The number of rotatable bonds is 6. The minimum absolute atomic E-state index is 0.775. The van der Waals surface area contributed by atoms with Crippen molar-refractivity contribution in [3.63, 3.8) is 0 Å². The standard InChI is InChI=1S/C15H15N3OS/c1-3-12(9-16-6-1)5-7-17-10-13-11-20-15(18-13)14-4-2-8-19-14/h1-4,6,8-9,11,17H,5,7,10H2. The van der Waals surface area contributed by atoms with Gasteiger partial charge in [-0.2, -0.15) is 0 Å². The van der Waals surface area contributed by atoms with Crippen LogP contribution in [-0.4, -0.2) is 16.5 Å². The molecule has 102 valence electrons. The minimum atomic E-state index is 0.775. The molecule has 0 saturated carbocycles. The third kappa shape index (κ3) is 3.31. The molecule has 0 saturated heterocycles. The molecule has 3 aromatic rings. The summed E-state index contributed by atoms with van der Waals surface area (Å²) in [6.45, 7) is 1.69. The average Bonchev–Trinajstić information content (AvgIpc) is 3.15. The molecule has 0 fully saturated rings. The van der Waals surface area contributed by atoms with Gasteiger partial charge in [-0.15, -0.1) is 11.3 Å². The van der Waals surface area contributed by atoms with Crippen molar-refractivity contribution in [3.8, 4) is 10.8 Å². The van der Waals surface area contributed by atoms with E-state index in [-0.39, 0.29) is 0 Å². The maximum absolute atomic E-state index is 5.34. The number of aromatic nitrogens is 2. The second-order valence-corrected chi connectivity index (χ2v) is 5.27. The summed E-state index contributed by atoms with van der Waals surface area (Å²) in [5, 5.41) is 6.39. The first-order valence-corrected chi connectivity index (χ1v) is 7.38. The molecule has 3 heterocycles. The van der Waals surface area contributed by atoms with Gasteiger partial charge in [-0.3, -0.25) is 4.98 Å². The summed E-state index contributed by atoms with van der Waals surface area (Å²) >= 11 is 1.61. The van der Waals surface area contributed by atoms with Gasteiger partial charge in [-0.25, -0.2) is 4.98 Å². The van der Waals surface area contributed by atoms with E-state index in [1.807, 2.05) is 24.4 Å². The van der Waals surface area contributed by atoms with E-state index in [0.29, 0.717) is 0 Å². The molecule has 0 aliphatic heterocycles. The van der Waals surface area contributed by atoms with Crippen molar-refractivity contribution in [1.82, 2.24) is 15.3 Å². The van der Waals surface area contributed by atoms with Gasteiger partial charge >= 0.3 is 0 Å². The zero-order valence-electron chi connectivity index (χ0n) is 11.0. The Hall–Kier alpha value is -1.98. The predicted molar refractivity (Wildman–Crippen MR) is 79.5 cm³/mol. The van der Waals surface area contributed by atoms with Crippen LogP contribution in [0.4, 0.5) is 0 Å². The lowest BCUT2D eigenvalue weighted by Gasteiger charge is -2.02. The van der Waals surface area contributed by atoms with Gasteiger partial charge in [0, 0.05) is 24.3 Å². The third-order valence-electron chi connectivity index (χ3n) is 2.90. The van der Waals surface area contributed by atoms with Gasteiger partial charge < -0.3 is 9.73 Å². The summed E-state index contributed by atoms with van der Waals surface area (Å²) in [7, 11) is 0. The molecule has 5 heteroatoms. The van der Waals surface area contributed by atoms with Gasteiger partial charge in [0.1, 0.15) is 0 Å². The summed E-state index contributed by atoms with van der Waals surface area (Å²) in [4.78, 5) is 8.65. The van der Waals surface area contributed by atoms with E-state index in [9.17, 15) is 0 Å². The lowest BCUT2D eigenvalue weighted by molar-refractivity contribution is 0.581. The van der Waals surface area contributed by atoms with Gasteiger partial charge in [0.25, 0.3) is 0 Å². The van der Waals surface area contributed by atoms with E-state index in [0.717, 1.165) is 36.0 Å². The SMILES string of the molecule is c1cncc(CCNCc2csc(-c3ccco3)n2)c1. The molecule has 0 aliphatic carbocycles. The maximum atomic E-state index is 5.34. The van der Waals surface area contributed by atoms with Crippen LogP contribution in [-0.2, 0) is 13.0 Å². The molecular formula is C15H15N3OS. The second-order valence-electron chi connectivity index (χ2n) is 4.41. The van der Waals surface area contributed by atoms with Crippen LogP contribution in [0, 0.1) is 0 Å². The number of thiazole rings is 1. The first-order valence-electron chi connectivity index (χ1n) is 6.50. The second kappa shape index (κ2) is 6.45. The molecule has 20 heavy (non-hydrogen) atoms. The van der Waals surface area contributed by atoms with Crippen LogP contribution in [0.5, 0.6) is 0 Å². The Morgan fingerprint density at radius 1 is 1.25 bits per heavy atom. The lowest BCUT2D eigenvalue weighted by Crippen LogP contribution is -2.16. The lowest BCUT2D eigenvalue weighted by atomic mass is 10.2. The van der Waals surface area contributed by atoms with Crippen LogP contribution in [0.2, 0.25) is 0 Å². The highest BCUT2D eigenvalue weighted by Crippen LogP contribution is 2.23. The molecule has 0 atom stereocenters. The van der Waals surface area contributed by atoms with Crippen molar-refractivity contribution < 1.29 is 4.42 Å². The van der Waals surface area contributed by atoms with Crippen molar-refractivity contribution in [1.29, 1.82) is 0 Å². The summed E-state index contributed by atoms with van der Waals surface area (Å²) in [5.41, 5.74) is 2.29. The van der Waals surface area contributed by atoms with Crippen LogP contribution in [0.3, 0.4) is 0 Å². The van der Waals surface area contributed by atoms with E-state index in [1.165, 1.54) is 5.56 Å². The summed E-state index contributed by atoms with van der Waals surface area (Å²) < 4.78 is 5.34. The molecule has 0 unspecified atom stereocenters. The number of nitrogens with one attached hydrogen (secondary N) is 1. The molecule has 0 spiro atoms. The topological polar surface area (TPSA) is 51.0 Å². The molecule has 3 rings (SSSR count). The molecule has 0 radical (unpaired) electrons.